The maximum Gasteiger partial charge on any atom is 0.408 e. The first-order valence-corrected chi connectivity index (χ1v) is 7.20. The fourth-order valence-corrected chi connectivity index (χ4v) is 2.58. The summed E-state index contributed by atoms with van der Waals surface area (Å²) < 4.78 is 37.3. The molecule has 2 rings (SSSR count). The predicted octanol–water partition coefficient (Wildman–Crippen LogP) is 3.17. The third-order valence-corrected chi connectivity index (χ3v) is 4.00. The molecule has 0 spiro atoms. The summed E-state index contributed by atoms with van der Waals surface area (Å²) in [4.78, 5) is 11.8. The van der Waals surface area contributed by atoms with Crippen molar-refractivity contribution >= 4 is 21.6 Å². The Labute approximate surface area is 122 Å². The topological polar surface area (TPSA) is 46.9 Å². The minimum Gasteiger partial charge on any atom is -0.380 e. The van der Waals surface area contributed by atoms with E-state index in [-0.39, 0.29) is 10.5 Å². The molecule has 4 nitrogen and oxygen atoms in total. The molecule has 0 saturated heterocycles. The van der Waals surface area contributed by atoms with E-state index in [0.717, 1.165) is 19.3 Å². The van der Waals surface area contributed by atoms with E-state index in [1.165, 1.54) is 6.20 Å². The highest BCUT2D eigenvalue weighted by Crippen LogP contribution is 2.38. The second kappa shape index (κ2) is 5.75. The highest BCUT2D eigenvalue weighted by Gasteiger charge is 2.36. The van der Waals surface area contributed by atoms with E-state index in [2.05, 4.69) is 33.3 Å². The second-order valence-corrected chi connectivity index (χ2v) is 5.78. The third-order valence-electron chi connectivity index (χ3n) is 3.24. The zero-order valence-corrected chi connectivity index (χ0v) is 12.5. The van der Waals surface area contributed by atoms with Gasteiger partial charge in [0.25, 0.3) is 5.56 Å². The SMILES string of the molecule is CCCC1CC1Nc1cnn(CC(F)(F)F)c(=O)c1Br. The highest BCUT2D eigenvalue weighted by molar-refractivity contribution is 9.10. The predicted molar refractivity (Wildman–Crippen MR) is 72.7 cm³/mol. The Bertz CT molecular complexity index is 544. The minimum atomic E-state index is -4.46. The van der Waals surface area contributed by atoms with E-state index < -0.39 is 18.3 Å². The van der Waals surface area contributed by atoms with E-state index in [1.807, 2.05) is 0 Å². The Morgan fingerprint density at radius 2 is 2.25 bits per heavy atom. The summed E-state index contributed by atoms with van der Waals surface area (Å²) >= 11 is 3.05. The van der Waals surface area contributed by atoms with Crippen LogP contribution in [0.2, 0.25) is 0 Å². The molecule has 0 amide bonds. The lowest BCUT2D eigenvalue weighted by Gasteiger charge is -2.11. The summed E-state index contributed by atoms with van der Waals surface area (Å²) in [5, 5.41) is 6.71. The van der Waals surface area contributed by atoms with Gasteiger partial charge in [0.05, 0.1) is 11.9 Å². The fraction of sp³-hybridized carbons (Fsp3) is 0.667. The van der Waals surface area contributed by atoms with Crippen LogP contribution in [0.4, 0.5) is 18.9 Å². The summed E-state index contributed by atoms with van der Waals surface area (Å²) in [5.41, 5.74) is -0.322. The molecule has 1 aromatic heterocycles. The molecule has 1 aromatic rings. The van der Waals surface area contributed by atoms with Crippen molar-refractivity contribution in [2.24, 2.45) is 5.92 Å². The number of alkyl halides is 3. The van der Waals surface area contributed by atoms with Gasteiger partial charge in [-0.25, -0.2) is 4.68 Å². The number of hydrogen-bond acceptors (Lipinski definition) is 3. The van der Waals surface area contributed by atoms with Gasteiger partial charge in [-0.15, -0.1) is 0 Å². The lowest BCUT2D eigenvalue weighted by molar-refractivity contribution is -0.143. The van der Waals surface area contributed by atoms with Crippen LogP contribution < -0.4 is 10.9 Å². The van der Waals surface area contributed by atoms with E-state index >= 15 is 0 Å². The van der Waals surface area contributed by atoms with Crippen molar-refractivity contribution in [2.45, 2.75) is 44.9 Å². The van der Waals surface area contributed by atoms with Crippen molar-refractivity contribution in [3.05, 3.63) is 21.0 Å². The first kappa shape index (κ1) is 15.3. The van der Waals surface area contributed by atoms with E-state index in [4.69, 9.17) is 0 Å². The second-order valence-electron chi connectivity index (χ2n) is 4.99. The third kappa shape index (κ3) is 3.74. The fourth-order valence-electron chi connectivity index (χ4n) is 2.16. The number of rotatable bonds is 5. The average molecular weight is 354 g/mol. The van der Waals surface area contributed by atoms with Crippen molar-refractivity contribution < 1.29 is 13.2 Å². The number of halogens is 4. The van der Waals surface area contributed by atoms with Gasteiger partial charge in [0.1, 0.15) is 11.0 Å². The summed E-state index contributed by atoms with van der Waals surface area (Å²) in [7, 11) is 0. The van der Waals surface area contributed by atoms with Crippen molar-refractivity contribution in [1.29, 1.82) is 0 Å². The van der Waals surface area contributed by atoms with Gasteiger partial charge in [-0.1, -0.05) is 13.3 Å². The van der Waals surface area contributed by atoms with Gasteiger partial charge in [-0.05, 0) is 34.7 Å². The molecular formula is C12H15BrF3N3O. The molecule has 1 fully saturated rings. The molecule has 1 N–H and O–H groups in total. The molecular weight excluding hydrogens is 339 g/mol. The van der Waals surface area contributed by atoms with Crippen LogP contribution in [0.3, 0.4) is 0 Å². The first-order chi connectivity index (χ1) is 9.31. The van der Waals surface area contributed by atoms with E-state index in [0.29, 0.717) is 16.3 Å². The van der Waals surface area contributed by atoms with Crippen LogP contribution >= 0.6 is 15.9 Å². The number of aromatic nitrogens is 2. The number of nitrogens with zero attached hydrogens (tertiary/aromatic N) is 2. The number of nitrogens with one attached hydrogen (secondary N) is 1. The molecule has 2 unspecified atom stereocenters. The maximum atomic E-state index is 12.3. The van der Waals surface area contributed by atoms with Gasteiger partial charge >= 0.3 is 6.18 Å². The first-order valence-electron chi connectivity index (χ1n) is 6.40. The normalized spacial score (nSPS) is 21.9. The van der Waals surface area contributed by atoms with Crippen molar-refractivity contribution in [3.63, 3.8) is 0 Å². The smallest absolute Gasteiger partial charge is 0.380 e. The van der Waals surface area contributed by atoms with Crippen molar-refractivity contribution in [2.75, 3.05) is 5.32 Å². The summed E-state index contributed by atoms with van der Waals surface area (Å²) in [6, 6.07) is 0.283. The molecule has 112 valence electrons. The molecule has 8 heteroatoms. The number of anilines is 1. The lowest BCUT2D eigenvalue weighted by atomic mass is 10.2. The van der Waals surface area contributed by atoms with Crippen LogP contribution in [0.15, 0.2) is 15.5 Å². The molecule has 0 aliphatic heterocycles. The van der Waals surface area contributed by atoms with Crippen molar-refractivity contribution in [1.82, 2.24) is 9.78 Å². The van der Waals surface area contributed by atoms with Crippen molar-refractivity contribution in [3.8, 4) is 0 Å². The maximum absolute atomic E-state index is 12.3. The van der Waals surface area contributed by atoms with Gasteiger partial charge in [0, 0.05) is 6.04 Å². The van der Waals surface area contributed by atoms with Crippen LogP contribution in [-0.4, -0.2) is 22.0 Å². The highest BCUT2D eigenvalue weighted by atomic mass is 79.9. The van der Waals surface area contributed by atoms with Crippen LogP contribution in [0, 0.1) is 5.92 Å². The summed E-state index contributed by atoms with van der Waals surface area (Å²) in [6.07, 6.45) is 0.0156. The largest absolute Gasteiger partial charge is 0.408 e. The molecule has 20 heavy (non-hydrogen) atoms. The lowest BCUT2D eigenvalue weighted by Crippen LogP contribution is -2.31. The van der Waals surface area contributed by atoms with Gasteiger partial charge in [0.15, 0.2) is 0 Å². The average Bonchev–Trinajstić information content (AvgIpc) is 3.06. The van der Waals surface area contributed by atoms with Crippen LogP contribution in [0.25, 0.3) is 0 Å². The molecule has 1 saturated carbocycles. The van der Waals surface area contributed by atoms with Crippen LogP contribution in [-0.2, 0) is 6.54 Å². The van der Waals surface area contributed by atoms with E-state index in [9.17, 15) is 18.0 Å². The Hall–Kier alpha value is -1.05. The molecule has 2 atom stereocenters. The monoisotopic (exact) mass is 353 g/mol. The molecule has 0 radical (unpaired) electrons. The minimum absolute atomic E-state index is 0.0962. The Morgan fingerprint density at radius 3 is 2.85 bits per heavy atom. The van der Waals surface area contributed by atoms with E-state index in [1.54, 1.807) is 0 Å². The quantitative estimate of drug-likeness (QED) is 0.884. The molecule has 0 bridgehead atoms. The zero-order valence-electron chi connectivity index (χ0n) is 10.9. The number of hydrogen-bond donors (Lipinski definition) is 1. The standard InChI is InChI=1S/C12H15BrF3N3O/c1-2-3-7-4-8(7)18-9-5-17-19(6-12(14,15)16)11(20)10(9)13/h5,7-8,18H,2-4,6H2,1H3. The zero-order chi connectivity index (χ0) is 14.9. The Balaban J connectivity index is 2.10. The molecule has 1 heterocycles. The Morgan fingerprint density at radius 1 is 1.55 bits per heavy atom. The molecule has 0 aromatic carbocycles. The van der Waals surface area contributed by atoms with Crippen LogP contribution in [0.5, 0.6) is 0 Å². The van der Waals surface area contributed by atoms with Gasteiger partial charge < -0.3 is 5.32 Å². The molecule has 1 aliphatic rings. The summed E-state index contributed by atoms with van der Waals surface area (Å²) in [6.45, 7) is 0.720. The Kier molecular flexibility index (Phi) is 4.41. The summed E-state index contributed by atoms with van der Waals surface area (Å²) in [5.74, 6) is 0.574. The van der Waals surface area contributed by atoms with Gasteiger partial charge in [-0.3, -0.25) is 4.79 Å². The van der Waals surface area contributed by atoms with Gasteiger partial charge in [-0.2, -0.15) is 18.3 Å². The van der Waals surface area contributed by atoms with Crippen LogP contribution in [0.1, 0.15) is 26.2 Å². The molecule has 1 aliphatic carbocycles. The van der Waals surface area contributed by atoms with Gasteiger partial charge in [0.2, 0.25) is 0 Å².